The van der Waals surface area contributed by atoms with E-state index in [1.807, 2.05) is 0 Å². The molecule has 0 aromatic carbocycles. The van der Waals surface area contributed by atoms with Crippen molar-refractivity contribution >= 4 is 107 Å². The predicted octanol–water partition coefficient (Wildman–Crippen LogP) is -5.68. The van der Waals surface area contributed by atoms with Crippen LogP contribution in [0.25, 0.3) is 0 Å². The fourth-order valence-corrected chi connectivity index (χ4v) is 12.3. The highest BCUT2D eigenvalue weighted by atomic mass is 16.7. The number of esters is 13. The Bertz CT molecular complexity index is 3330. The molecule has 6 aliphatic rings. The lowest BCUT2D eigenvalue weighted by Crippen LogP contribution is -2.50. The number of carbonyl (C=O) groups excluding carboxylic acids is 18. The van der Waals surface area contributed by atoms with Gasteiger partial charge in [-0.2, -0.15) is 0 Å². The molecule has 0 aromatic heterocycles. The van der Waals surface area contributed by atoms with E-state index < -0.39 is 292 Å². The predicted molar refractivity (Wildman–Crippen MR) is 331 cm³/mol. The van der Waals surface area contributed by atoms with Gasteiger partial charge in [-0.15, -0.1) is 0 Å². The average Bonchev–Trinajstić information content (AvgIpc) is 1.66. The number of nitrogens with one attached hydrogen (secondary N) is 5. The normalized spacial score (nSPS) is 32.1. The molecule has 0 aliphatic carbocycles. The molecule has 6 fully saturated rings. The summed E-state index contributed by atoms with van der Waals surface area (Å²) in [5.74, 6) is -18.2. The lowest BCUT2D eigenvalue weighted by atomic mass is 10.0. The molecule has 0 aromatic rings. The molecule has 5 N–H and O–H groups in total. The molecule has 42 heteroatoms. The molecule has 0 unspecified atom stereocenters. The molecule has 0 bridgehead atoms. The zero-order valence-corrected chi connectivity index (χ0v) is 59.6. The second-order valence-electron chi connectivity index (χ2n) is 24.8. The van der Waals surface area contributed by atoms with Crippen LogP contribution in [0.1, 0.15) is 104 Å². The molecule has 6 saturated heterocycles. The van der Waals surface area contributed by atoms with Gasteiger partial charge in [0.25, 0.3) is 29.5 Å². The topological polar surface area (TPSA) is 543 Å². The van der Waals surface area contributed by atoms with Crippen LogP contribution in [0.5, 0.6) is 0 Å². The maximum atomic E-state index is 14.4. The Hall–Kier alpha value is -9.78. The maximum Gasteiger partial charge on any atom is 0.339 e. The molecule has 6 heterocycles. The SMILES string of the molecule is CC(=O)O[C@H]1[C@H](OC(C)=O)[C@H](C(=O)NC[C@H]2O[C@@H](C(=O)NC[C@H]3O[C@@H](C(=O)NC[C@H]4O[C@@H](C(=O)NC[C@H]5O[C@@H](C(=O)NC[C@H]6O[C@@H](C(=O)OC(C)C)[C@@H](OC(C)=O)[C@@H]6OC(C)=O)[C@@H](OC(C)=O)[C@@H]5OC(C)=O)[C@@H](OC(C)=O)[C@@H]4OC(C)=O)[C@@H](OC(C)=O)[C@@H]3OC(C)=O)[C@@H](OC(C)=O)[C@@H]2OC(C)=O)O[C@@H]1C. The summed E-state index contributed by atoms with van der Waals surface area (Å²) in [6.07, 6.45) is -40.1. The van der Waals surface area contributed by atoms with Crippen LogP contribution in [0, 0.1) is 0 Å². The number of carbonyl (C=O) groups is 18. The van der Waals surface area contributed by atoms with E-state index in [0.717, 1.165) is 83.1 Å². The molecular weight excluding hydrogens is 1420 g/mol. The summed E-state index contributed by atoms with van der Waals surface area (Å²) in [4.78, 5) is 234. The molecule has 0 spiro atoms. The van der Waals surface area contributed by atoms with Gasteiger partial charge < -0.3 is 117 Å². The van der Waals surface area contributed by atoms with Crippen LogP contribution in [0.2, 0.25) is 0 Å². The summed E-state index contributed by atoms with van der Waals surface area (Å²) in [5.41, 5.74) is 0. The minimum Gasteiger partial charge on any atom is -0.461 e. The second-order valence-corrected chi connectivity index (χ2v) is 24.8. The van der Waals surface area contributed by atoms with Crippen molar-refractivity contribution in [3.05, 3.63) is 0 Å². The molecule has 5 amide bonds. The van der Waals surface area contributed by atoms with E-state index in [1.165, 1.54) is 20.8 Å². The first-order valence-electron chi connectivity index (χ1n) is 32.7. The lowest BCUT2D eigenvalue weighted by Gasteiger charge is -2.25. The van der Waals surface area contributed by atoms with Crippen LogP contribution in [-0.4, -0.2) is 292 Å². The van der Waals surface area contributed by atoms with Crippen molar-refractivity contribution in [3.63, 3.8) is 0 Å². The average molecular weight is 1500 g/mol. The van der Waals surface area contributed by atoms with Gasteiger partial charge in [0.05, 0.1) is 12.2 Å². The van der Waals surface area contributed by atoms with E-state index in [4.69, 9.17) is 90.0 Å². The van der Waals surface area contributed by atoms with E-state index >= 15 is 0 Å². The van der Waals surface area contributed by atoms with E-state index in [9.17, 15) is 86.3 Å². The molecule has 0 saturated carbocycles. The lowest BCUT2D eigenvalue weighted by molar-refractivity contribution is -0.172. The Kier molecular flexibility index (Phi) is 29.9. The number of ether oxygens (including phenoxy) is 19. The van der Waals surface area contributed by atoms with Gasteiger partial charge in [-0.3, -0.25) is 81.5 Å². The summed E-state index contributed by atoms with van der Waals surface area (Å²) in [6.45, 7) is 12.7. The van der Waals surface area contributed by atoms with Crippen LogP contribution in [0.15, 0.2) is 0 Å². The van der Waals surface area contributed by atoms with Crippen molar-refractivity contribution in [1.82, 2.24) is 26.6 Å². The number of rotatable bonds is 29. The molecular formula is C63H85N5O37. The fraction of sp³-hybridized carbons (Fsp3) is 0.714. The Morgan fingerprint density at radius 2 is 0.410 bits per heavy atom. The maximum absolute atomic E-state index is 14.4. The first-order valence-corrected chi connectivity index (χ1v) is 32.7. The van der Waals surface area contributed by atoms with E-state index in [-0.39, 0.29) is 0 Å². The Morgan fingerprint density at radius 1 is 0.248 bits per heavy atom. The van der Waals surface area contributed by atoms with Gasteiger partial charge in [-0.25, -0.2) is 4.79 Å². The Labute approximate surface area is 597 Å². The monoisotopic (exact) mass is 1500 g/mol. The highest BCUT2D eigenvalue weighted by Crippen LogP contribution is 2.35. The van der Waals surface area contributed by atoms with Crippen LogP contribution in [0.3, 0.4) is 0 Å². The highest BCUT2D eigenvalue weighted by Gasteiger charge is 2.60. The van der Waals surface area contributed by atoms with Crippen LogP contribution in [0.4, 0.5) is 0 Å². The molecule has 24 atom stereocenters. The smallest absolute Gasteiger partial charge is 0.339 e. The van der Waals surface area contributed by atoms with Crippen molar-refractivity contribution in [2.45, 2.75) is 256 Å². The second kappa shape index (κ2) is 37.3. The van der Waals surface area contributed by atoms with Crippen molar-refractivity contribution in [3.8, 4) is 0 Å². The van der Waals surface area contributed by atoms with E-state index in [2.05, 4.69) is 26.6 Å². The standard InChI is InChI=1S/C63H85N5O37/c1-21(2)87-63(86)57-51(100-34(15)80)45(94-28(9)74)39(105-57)20-68-62(85)56-50(99-33(14)79)44(93-27(8)73)38(104-56)19-67-61(84)55-49(98-32(13)78)43(92-26(7)72)37(103-55)18-66-60(83)54-48(97-31(12)77)42(91-25(6)71)36(102-54)17-65-59(82)53-47(96-30(11)76)41(90-24(5)70)35(101-53)16-64-58(81)52-46(95-29(10)75)40(22(3)88-52)89-23(4)69/h21-22,35-57H,16-20H2,1-15H3,(H,64,81)(H,65,82)(H,66,83)(H,67,84)(H,68,85)/t22-,35-,36-,37-,38-,39-,40-,41-,42-,43-,44-,45-,46+,47+,48+,49+,50+,51+,52-,53-,54-,55-,56-,57-/m1/s1. The van der Waals surface area contributed by atoms with Gasteiger partial charge in [0.15, 0.2) is 110 Å². The zero-order valence-electron chi connectivity index (χ0n) is 59.6. The third-order valence-electron chi connectivity index (χ3n) is 15.9. The molecule has 105 heavy (non-hydrogen) atoms. The first kappa shape index (κ1) is 84.2. The van der Waals surface area contributed by atoms with Crippen LogP contribution in [-0.2, 0) is 176 Å². The highest BCUT2D eigenvalue weighted by molar-refractivity contribution is 5.87. The van der Waals surface area contributed by atoms with Crippen LogP contribution < -0.4 is 26.6 Å². The minimum absolute atomic E-state index is 0.610. The summed E-state index contributed by atoms with van der Waals surface area (Å²) in [7, 11) is 0. The Morgan fingerprint density at radius 3 is 0.610 bits per heavy atom. The van der Waals surface area contributed by atoms with E-state index in [0.29, 0.717) is 0 Å². The van der Waals surface area contributed by atoms with Crippen molar-refractivity contribution in [2.75, 3.05) is 32.7 Å². The summed E-state index contributed by atoms with van der Waals surface area (Å²) in [5, 5.41) is 12.3. The van der Waals surface area contributed by atoms with Gasteiger partial charge in [0, 0.05) is 116 Å². The first-order chi connectivity index (χ1) is 49.1. The number of amides is 5. The third kappa shape index (κ3) is 22.9. The van der Waals surface area contributed by atoms with Crippen molar-refractivity contribution < 1.29 is 176 Å². The molecule has 6 aliphatic heterocycles. The third-order valence-corrected chi connectivity index (χ3v) is 15.9. The molecule has 42 nitrogen and oxygen atoms in total. The minimum atomic E-state index is -1.97. The molecule has 6 rings (SSSR count). The van der Waals surface area contributed by atoms with Crippen LogP contribution >= 0.6 is 0 Å². The van der Waals surface area contributed by atoms with Gasteiger partial charge in [-0.05, 0) is 20.8 Å². The molecule has 584 valence electrons. The summed E-state index contributed by atoms with van der Waals surface area (Å²) >= 11 is 0. The largest absolute Gasteiger partial charge is 0.461 e. The summed E-state index contributed by atoms with van der Waals surface area (Å²) < 4.78 is 106. The van der Waals surface area contributed by atoms with E-state index in [1.54, 1.807) is 0 Å². The molecule has 0 radical (unpaired) electrons. The Balaban J connectivity index is 1.18. The fourth-order valence-electron chi connectivity index (χ4n) is 12.3. The van der Waals surface area contributed by atoms with Gasteiger partial charge in [0.2, 0.25) is 0 Å². The number of hydrogen-bond donors (Lipinski definition) is 5. The number of hydrogen-bond acceptors (Lipinski definition) is 37. The zero-order chi connectivity index (χ0) is 78.3. The van der Waals surface area contributed by atoms with Crippen molar-refractivity contribution in [2.24, 2.45) is 0 Å². The van der Waals surface area contributed by atoms with Gasteiger partial charge >= 0.3 is 77.6 Å². The quantitative estimate of drug-likeness (QED) is 0.0344. The van der Waals surface area contributed by atoms with Crippen molar-refractivity contribution in [1.29, 1.82) is 0 Å². The summed E-state index contributed by atoms with van der Waals surface area (Å²) in [6, 6.07) is 0. The van der Waals surface area contributed by atoms with Gasteiger partial charge in [0.1, 0.15) is 30.5 Å². The van der Waals surface area contributed by atoms with Gasteiger partial charge in [-0.1, -0.05) is 0 Å².